The van der Waals surface area contributed by atoms with Gasteiger partial charge in [-0.25, -0.2) is 0 Å². The Hall–Kier alpha value is -10.3. The number of primary amides is 1. The first kappa shape index (κ1) is 112. The van der Waals surface area contributed by atoms with Crippen LogP contribution in [0.2, 0.25) is 0 Å². The molecule has 0 saturated heterocycles. The van der Waals surface area contributed by atoms with Gasteiger partial charge in [0.15, 0.2) is 0 Å². The van der Waals surface area contributed by atoms with Gasteiger partial charge in [0.2, 0.25) is 88.6 Å². The molecule has 0 spiro atoms. The van der Waals surface area contributed by atoms with Crippen LogP contribution in [0.1, 0.15) is 217 Å². The van der Waals surface area contributed by atoms with E-state index in [1.807, 2.05) is 38.1 Å². The molecule has 0 aliphatic heterocycles. The molecule has 0 fully saturated rings. The molecular weight excluding hydrogens is 1650 g/mol. The third-order valence-electron chi connectivity index (χ3n) is 21.7. The summed E-state index contributed by atoms with van der Waals surface area (Å²) in [6.07, 6.45) is 3.36. The average Bonchev–Trinajstić information content (AvgIpc) is 1.68. The Morgan fingerprint density at radius 2 is 0.609 bits per heavy atom. The molecule has 0 aliphatic rings. The molecule has 0 bridgehead atoms. The van der Waals surface area contributed by atoms with Gasteiger partial charge >= 0.3 is 0 Å². The minimum Gasteiger partial charge on any atom is -0.391 e. The van der Waals surface area contributed by atoms with Crippen LogP contribution in [0, 0.1) is 29.6 Å². The first-order chi connectivity index (χ1) is 60.5. The molecular formula is C89H152N22O17. The highest BCUT2D eigenvalue weighted by Gasteiger charge is 2.40. The van der Waals surface area contributed by atoms with E-state index >= 15 is 4.79 Å². The third-order valence-corrected chi connectivity index (χ3v) is 21.7. The summed E-state index contributed by atoms with van der Waals surface area (Å²) < 4.78 is 0. The zero-order valence-electron chi connectivity index (χ0n) is 77.2. The van der Waals surface area contributed by atoms with Gasteiger partial charge in [-0.05, 0) is 209 Å². The Bertz CT molecular complexity index is 4000. The van der Waals surface area contributed by atoms with Gasteiger partial charge in [0.25, 0.3) is 0 Å². The van der Waals surface area contributed by atoms with E-state index in [-0.39, 0.29) is 102 Å². The van der Waals surface area contributed by atoms with Gasteiger partial charge < -0.3 is 130 Å². The number of nitrogens with one attached hydrogen (secondary N) is 15. The number of amides is 15. The molecule has 128 heavy (non-hydrogen) atoms. The molecule has 720 valence electrons. The molecule has 17 atom stereocenters. The van der Waals surface area contributed by atoms with Crippen LogP contribution >= 0.6 is 0 Å². The van der Waals surface area contributed by atoms with Crippen molar-refractivity contribution >= 4 is 99.5 Å². The van der Waals surface area contributed by atoms with Crippen molar-refractivity contribution in [2.24, 2.45) is 69.7 Å². The Balaban J connectivity index is 1.93. The van der Waals surface area contributed by atoms with E-state index < -0.39 is 203 Å². The Morgan fingerprint density at radius 3 is 1.00 bits per heavy atom. The number of benzene rings is 2. The molecule has 0 radical (unpaired) electrons. The number of carbonyl (C=O) groups excluding carboxylic acids is 15. The smallest absolute Gasteiger partial charge is 0.245 e. The number of aliphatic hydroxyl groups is 2. The van der Waals surface area contributed by atoms with E-state index in [0.29, 0.717) is 88.3 Å². The number of aromatic nitrogens is 1. The standard InChI is InChI=1S/C89H152N22O17/c1-49(2)43-66(104-80(119)64(36-22-27-41-93)101-85(124)70(103-77(116)60(95)32-19-24-38-90)47-58-48-97-61-33-18-17-31-59(58)61)83(122)105-69(46-57-29-15-14-16-30-57)84(123)100-63(35-21-26-40-92)79(118)99-62(34-20-25-39-91)78(117)98-54(11)76(115)108-71(52(7)8)87(126)106-67(44-50(3)4)82(121)102-65(37-23-28-42-94)81(120)109-72(53(9)10)88(127)107-68(45-51(5)6)86(125)111-74(56(13)113)89(128)110-73(55(12)112)75(96)114/h14-18,29-31,33,48-56,60,62-74,97,112-113H,19-28,32,34-47,90-95H2,1-13H3,(H2,96,114)(H,98,117)(H,99,118)(H,100,123)(H,101,124)(H,102,121)(H,103,116)(H,104,119)(H,105,122)(H,106,126)(H,107,127)(H,108,115)(H,109,120)(H,110,128)(H,111,125)/t54-,55-,56-,60-,62-,63-,64-,65-,66-,67-,68-,69-,70-,71-,72-,73-,74-/m1/s1. The van der Waals surface area contributed by atoms with Crippen molar-refractivity contribution in [2.75, 3.05) is 32.7 Å². The van der Waals surface area contributed by atoms with Gasteiger partial charge in [0.1, 0.15) is 84.6 Å². The van der Waals surface area contributed by atoms with E-state index in [2.05, 4.69) is 79.4 Å². The number of carbonyl (C=O) groups is 15. The molecule has 0 aliphatic carbocycles. The average molecular weight is 1800 g/mol. The fourth-order valence-corrected chi connectivity index (χ4v) is 14.3. The van der Waals surface area contributed by atoms with Crippen LogP contribution in [0.5, 0.6) is 0 Å². The molecule has 2 aromatic carbocycles. The number of aromatic amines is 1. The van der Waals surface area contributed by atoms with Gasteiger partial charge in [-0.15, -0.1) is 0 Å². The summed E-state index contributed by atoms with van der Waals surface area (Å²) in [5, 5.41) is 59.3. The second kappa shape index (κ2) is 59.0. The van der Waals surface area contributed by atoms with Crippen molar-refractivity contribution in [3.63, 3.8) is 0 Å². The number of para-hydroxylation sites is 1. The number of rotatable bonds is 63. The van der Waals surface area contributed by atoms with Gasteiger partial charge in [-0.2, -0.15) is 0 Å². The third kappa shape index (κ3) is 40.2. The summed E-state index contributed by atoms with van der Waals surface area (Å²) >= 11 is 0. The highest BCUT2D eigenvalue weighted by atomic mass is 16.3. The monoisotopic (exact) mass is 1800 g/mol. The number of hydrogen-bond donors (Lipinski definition) is 24. The first-order valence-corrected chi connectivity index (χ1v) is 45.3. The summed E-state index contributed by atoms with van der Waals surface area (Å²) in [4.78, 5) is 217. The van der Waals surface area contributed by atoms with E-state index in [4.69, 9.17) is 40.1 Å². The van der Waals surface area contributed by atoms with Gasteiger partial charge in [-0.1, -0.05) is 124 Å². The largest absolute Gasteiger partial charge is 0.391 e. The lowest BCUT2D eigenvalue weighted by Gasteiger charge is -2.30. The number of fused-ring (bicyclic) bond motifs is 1. The normalized spacial score (nSPS) is 15.5. The van der Waals surface area contributed by atoms with Crippen LogP contribution in [0.25, 0.3) is 10.9 Å². The van der Waals surface area contributed by atoms with Crippen molar-refractivity contribution in [1.29, 1.82) is 0 Å². The highest BCUT2D eigenvalue weighted by molar-refractivity contribution is 6.01. The fourth-order valence-electron chi connectivity index (χ4n) is 14.3. The quantitative estimate of drug-likeness (QED) is 0.0284. The number of H-pyrrole nitrogens is 1. The van der Waals surface area contributed by atoms with Crippen molar-refractivity contribution < 1.29 is 82.1 Å². The number of aliphatic hydroxyl groups excluding tert-OH is 2. The van der Waals surface area contributed by atoms with Crippen LogP contribution in [-0.4, -0.2) is 239 Å². The molecule has 39 nitrogen and oxygen atoms in total. The molecule has 15 amide bonds. The minimum absolute atomic E-state index is 0.00162. The van der Waals surface area contributed by atoms with Crippen LogP contribution < -0.4 is 115 Å². The summed E-state index contributed by atoms with van der Waals surface area (Å²) in [7, 11) is 0. The van der Waals surface area contributed by atoms with Crippen molar-refractivity contribution in [2.45, 2.75) is 321 Å². The SMILES string of the molecule is CC(C)C[C@@H](NC(=O)[C@@H](CCCCN)NC(=O)[C@@H](Cc1c[nH]c2ccccc12)NC(=O)[C@H](N)CCCCN)C(=O)N[C@H](Cc1ccccc1)C(=O)N[C@H](CCCCN)C(=O)N[C@H](CCCCN)C(=O)N[C@H](C)C(=O)N[C@@H](C(=O)N[C@H](CC(C)C)C(=O)N[C@H](CCCCN)C(=O)N[C@@H](C(=O)N[C@H](CC(C)C)C(=O)N[C@@H](C(=O)N[C@@H](C(N)=O)[C@@H](C)O)[C@@H](C)O)C(C)C)C(C)C. The number of unbranched alkanes of at least 4 members (excludes halogenated alkanes) is 5. The molecule has 3 rings (SSSR count). The molecule has 31 N–H and O–H groups in total. The maximum absolute atomic E-state index is 15.0. The minimum atomic E-state index is -1.69. The number of hydrogen-bond acceptors (Lipinski definition) is 23. The Labute approximate surface area is 753 Å². The van der Waals surface area contributed by atoms with Crippen molar-refractivity contribution in [3.8, 4) is 0 Å². The van der Waals surface area contributed by atoms with Crippen molar-refractivity contribution in [3.05, 3.63) is 71.9 Å². The second-order valence-corrected chi connectivity index (χ2v) is 35.3. The topological polar surface area (TPSA) is 663 Å². The fraction of sp³-hybridized carbons (Fsp3) is 0.674. The molecule has 1 heterocycles. The van der Waals surface area contributed by atoms with E-state index in [1.54, 1.807) is 91.9 Å². The summed E-state index contributed by atoms with van der Waals surface area (Å²) in [5.74, 6) is -14.4. The van der Waals surface area contributed by atoms with E-state index in [1.165, 1.54) is 20.8 Å². The first-order valence-electron chi connectivity index (χ1n) is 45.3. The van der Waals surface area contributed by atoms with Gasteiger partial charge in [0, 0.05) is 29.9 Å². The van der Waals surface area contributed by atoms with Gasteiger partial charge in [-0.3, -0.25) is 71.9 Å². The van der Waals surface area contributed by atoms with Gasteiger partial charge in [0.05, 0.1) is 18.2 Å². The summed E-state index contributed by atoms with van der Waals surface area (Å²) in [6, 6.07) is -4.03. The predicted molar refractivity (Wildman–Crippen MR) is 488 cm³/mol. The second-order valence-electron chi connectivity index (χ2n) is 35.3. The van der Waals surface area contributed by atoms with Crippen LogP contribution in [-0.2, 0) is 84.8 Å². The molecule has 0 unspecified atom stereocenters. The van der Waals surface area contributed by atoms with Crippen LogP contribution in [0.15, 0.2) is 60.8 Å². The van der Waals surface area contributed by atoms with Crippen molar-refractivity contribution in [1.82, 2.24) is 79.4 Å². The zero-order chi connectivity index (χ0) is 96.0. The summed E-state index contributed by atoms with van der Waals surface area (Å²) in [6.45, 7) is 22.4. The maximum Gasteiger partial charge on any atom is 0.245 e. The highest BCUT2D eigenvalue weighted by Crippen LogP contribution is 2.22. The van der Waals surface area contributed by atoms with Crippen LogP contribution in [0.4, 0.5) is 0 Å². The molecule has 0 saturated carbocycles. The molecule has 3 aromatic rings. The van der Waals surface area contributed by atoms with E-state index in [0.717, 1.165) is 10.9 Å². The lowest BCUT2D eigenvalue weighted by molar-refractivity contribution is -0.137. The Kier molecular flexibility index (Phi) is 51.6. The Morgan fingerprint density at radius 1 is 0.312 bits per heavy atom. The van der Waals surface area contributed by atoms with Crippen LogP contribution in [0.3, 0.4) is 0 Å². The summed E-state index contributed by atoms with van der Waals surface area (Å²) in [5.41, 5.74) is 43.1. The lowest BCUT2D eigenvalue weighted by atomic mass is 9.98. The predicted octanol–water partition coefficient (Wildman–Crippen LogP) is -1.57. The molecule has 1 aromatic heterocycles. The van der Waals surface area contributed by atoms with E-state index in [9.17, 15) is 77.3 Å². The zero-order valence-corrected chi connectivity index (χ0v) is 77.2. The molecule has 39 heteroatoms. The lowest BCUT2D eigenvalue weighted by Crippen LogP contribution is -2.62. The number of nitrogens with two attached hydrogens (primary N) is 7. The maximum atomic E-state index is 15.0.